The van der Waals surface area contributed by atoms with Gasteiger partial charge in [-0.1, -0.05) is 11.3 Å². The highest BCUT2D eigenvalue weighted by Crippen LogP contribution is 2.40. The molecule has 0 unspecified atom stereocenters. The van der Waals surface area contributed by atoms with Crippen LogP contribution in [0.1, 0.15) is 0 Å². The van der Waals surface area contributed by atoms with E-state index in [2.05, 4.69) is 10.3 Å². The van der Waals surface area contributed by atoms with Crippen LogP contribution in [-0.4, -0.2) is 21.5 Å². The molecule has 0 fully saturated rings. The monoisotopic (exact) mass is 446 g/mol. The third-order valence-electron chi connectivity index (χ3n) is 5.46. The Balaban J connectivity index is 1.63. The Hall–Kier alpha value is -3.91. The summed E-state index contributed by atoms with van der Waals surface area (Å²) in [6, 6.07) is 16.7. The van der Waals surface area contributed by atoms with Gasteiger partial charge in [0, 0.05) is 28.4 Å². The summed E-state index contributed by atoms with van der Waals surface area (Å²) in [6.45, 7) is 0. The number of benzene rings is 3. The summed E-state index contributed by atoms with van der Waals surface area (Å²) in [5.41, 5.74) is 4.14. The molecule has 0 radical (unpaired) electrons. The summed E-state index contributed by atoms with van der Waals surface area (Å²) < 4.78 is 35.5. The Kier molecular flexibility index (Phi) is 4.16. The molecule has 3 heterocycles. The van der Waals surface area contributed by atoms with Crippen LogP contribution in [0.25, 0.3) is 37.3 Å². The van der Waals surface area contributed by atoms with E-state index in [1.54, 1.807) is 25.3 Å². The maximum absolute atomic E-state index is 13.8. The smallest absolute Gasteiger partial charge is 0.197 e. The predicted octanol–water partition coefficient (Wildman–Crippen LogP) is 6.73. The molecule has 0 aliphatic carbocycles. The van der Waals surface area contributed by atoms with Crippen LogP contribution in [0.4, 0.5) is 20.3 Å². The minimum absolute atomic E-state index is 0.293. The fraction of sp³-hybridized carbons (Fsp3) is 0.0417. The standard InChI is InChI=1S/C24H16F2N4OS/c1-31-16-7-8-19-17(11-16)18(12-27-19)22-23(28-15-5-2-13(25)3-6-15)30-20-9-4-14(26)10-21(20)32-24(30)29-22/h2-12,27-28H,1H3. The molecule has 0 aliphatic rings. The Labute approximate surface area is 184 Å². The van der Waals surface area contributed by atoms with Crippen molar-refractivity contribution in [3.63, 3.8) is 0 Å². The highest BCUT2D eigenvalue weighted by molar-refractivity contribution is 7.23. The number of hydrogen-bond donors (Lipinski definition) is 2. The molecule has 5 nitrogen and oxygen atoms in total. The second kappa shape index (κ2) is 7.06. The van der Waals surface area contributed by atoms with Crippen LogP contribution in [0.2, 0.25) is 0 Å². The van der Waals surface area contributed by atoms with E-state index in [9.17, 15) is 8.78 Å². The molecule has 8 heteroatoms. The zero-order chi connectivity index (χ0) is 21.8. The van der Waals surface area contributed by atoms with Crippen molar-refractivity contribution in [3.8, 4) is 17.0 Å². The van der Waals surface area contributed by atoms with Gasteiger partial charge in [0.25, 0.3) is 0 Å². The first-order valence-corrected chi connectivity index (χ1v) is 10.7. The van der Waals surface area contributed by atoms with Crippen LogP contribution in [0.5, 0.6) is 5.75 Å². The second-order valence-corrected chi connectivity index (χ2v) is 8.40. The number of methoxy groups -OCH3 is 1. The van der Waals surface area contributed by atoms with E-state index in [0.29, 0.717) is 11.5 Å². The lowest BCUT2D eigenvalue weighted by molar-refractivity contribution is 0.415. The minimum atomic E-state index is -0.311. The predicted molar refractivity (Wildman–Crippen MR) is 124 cm³/mol. The summed E-state index contributed by atoms with van der Waals surface area (Å²) in [7, 11) is 1.63. The van der Waals surface area contributed by atoms with Crippen molar-refractivity contribution in [1.82, 2.24) is 14.4 Å². The highest BCUT2D eigenvalue weighted by atomic mass is 32.1. The number of aromatic nitrogens is 3. The quantitative estimate of drug-likeness (QED) is 0.316. The SMILES string of the molecule is COc1ccc2[nH]cc(-c3nc4sc5cc(F)ccc5n4c3Nc3ccc(F)cc3)c2c1. The fourth-order valence-corrected chi connectivity index (χ4v) is 4.99. The number of H-pyrrole nitrogens is 1. The molecule has 32 heavy (non-hydrogen) atoms. The van der Waals surface area contributed by atoms with E-state index in [1.165, 1.54) is 35.6 Å². The van der Waals surface area contributed by atoms with Gasteiger partial charge in [-0.2, -0.15) is 0 Å². The number of nitrogens with zero attached hydrogens (tertiary/aromatic N) is 2. The number of rotatable bonds is 4. The van der Waals surface area contributed by atoms with Gasteiger partial charge >= 0.3 is 0 Å². The maximum atomic E-state index is 13.8. The van der Waals surface area contributed by atoms with E-state index >= 15 is 0 Å². The molecule has 0 saturated carbocycles. The first kappa shape index (κ1) is 18.8. The van der Waals surface area contributed by atoms with Crippen LogP contribution >= 0.6 is 11.3 Å². The van der Waals surface area contributed by atoms with E-state index < -0.39 is 0 Å². The number of anilines is 2. The van der Waals surface area contributed by atoms with Gasteiger partial charge in [0.05, 0.1) is 17.3 Å². The van der Waals surface area contributed by atoms with Crippen molar-refractivity contribution in [2.75, 3.05) is 12.4 Å². The fourth-order valence-electron chi connectivity index (χ4n) is 3.94. The molecule has 0 bridgehead atoms. The average molecular weight is 446 g/mol. The molecule has 0 spiro atoms. The van der Waals surface area contributed by atoms with Gasteiger partial charge < -0.3 is 15.0 Å². The Morgan fingerprint density at radius 3 is 2.62 bits per heavy atom. The summed E-state index contributed by atoms with van der Waals surface area (Å²) in [4.78, 5) is 8.92. The van der Waals surface area contributed by atoms with E-state index in [4.69, 9.17) is 9.72 Å². The van der Waals surface area contributed by atoms with Crippen molar-refractivity contribution < 1.29 is 13.5 Å². The van der Waals surface area contributed by atoms with E-state index in [-0.39, 0.29) is 11.6 Å². The molecule has 0 aliphatic heterocycles. The zero-order valence-electron chi connectivity index (χ0n) is 16.8. The lowest BCUT2D eigenvalue weighted by atomic mass is 10.1. The Morgan fingerprint density at radius 1 is 1.00 bits per heavy atom. The van der Waals surface area contributed by atoms with Crippen LogP contribution in [0.3, 0.4) is 0 Å². The first-order valence-electron chi connectivity index (χ1n) is 9.89. The molecular weight excluding hydrogens is 430 g/mol. The van der Waals surface area contributed by atoms with Crippen molar-refractivity contribution in [1.29, 1.82) is 0 Å². The normalized spacial score (nSPS) is 11.6. The number of imidazole rings is 1. The Morgan fingerprint density at radius 2 is 1.81 bits per heavy atom. The maximum Gasteiger partial charge on any atom is 0.197 e. The molecule has 3 aromatic heterocycles. The van der Waals surface area contributed by atoms with Gasteiger partial charge in [-0.15, -0.1) is 0 Å². The van der Waals surface area contributed by atoms with Crippen molar-refractivity contribution in [2.45, 2.75) is 0 Å². The lowest BCUT2D eigenvalue weighted by Gasteiger charge is -2.09. The van der Waals surface area contributed by atoms with Crippen LogP contribution in [0, 0.1) is 11.6 Å². The van der Waals surface area contributed by atoms with Gasteiger partial charge in [0.15, 0.2) is 4.96 Å². The molecule has 2 N–H and O–H groups in total. The van der Waals surface area contributed by atoms with Gasteiger partial charge in [0.1, 0.15) is 28.9 Å². The third-order valence-corrected chi connectivity index (χ3v) is 6.46. The Bertz CT molecular complexity index is 1610. The molecule has 3 aromatic carbocycles. The number of halogens is 2. The largest absolute Gasteiger partial charge is 0.497 e. The molecule has 0 saturated heterocycles. The number of aromatic amines is 1. The van der Waals surface area contributed by atoms with Gasteiger partial charge in [-0.05, 0) is 60.7 Å². The highest BCUT2D eigenvalue weighted by Gasteiger charge is 2.21. The van der Waals surface area contributed by atoms with E-state index in [1.807, 2.05) is 28.8 Å². The second-order valence-electron chi connectivity index (χ2n) is 7.39. The van der Waals surface area contributed by atoms with Crippen molar-refractivity contribution in [3.05, 3.63) is 78.5 Å². The lowest BCUT2D eigenvalue weighted by Crippen LogP contribution is -1.97. The summed E-state index contributed by atoms with van der Waals surface area (Å²) in [5, 5.41) is 4.36. The molecule has 0 amide bonds. The molecule has 0 atom stereocenters. The van der Waals surface area contributed by atoms with Crippen molar-refractivity contribution >= 4 is 48.9 Å². The third kappa shape index (κ3) is 2.91. The molecular formula is C24H16F2N4OS. The number of ether oxygens (including phenoxy) is 1. The molecule has 6 rings (SSSR count). The van der Waals surface area contributed by atoms with Crippen LogP contribution in [0.15, 0.2) is 66.9 Å². The summed E-state index contributed by atoms with van der Waals surface area (Å²) in [5.74, 6) is 0.856. The van der Waals surface area contributed by atoms with E-state index in [0.717, 1.165) is 43.1 Å². The van der Waals surface area contributed by atoms with Crippen LogP contribution in [-0.2, 0) is 0 Å². The zero-order valence-corrected chi connectivity index (χ0v) is 17.6. The minimum Gasteiger partial charge on any atom is -0.497 e. The first-order chi connectivity index (χ1) is 15.6. The van der Waals surface area contributed by atoms with Crippen LogP contribution < -0.4 is 10.1 Å². The molecule has 6 aromatic rings. The van der Waals surface area contributed by atoms with Gasteiger partial charge in [-0.25, -0.2) is 13.8 Å². The number of fused-ring (bicyclic) bond motifs is 4. The number of nitrogens with one attached hydrogen (secondary N) is 2. The number of hydrogen-bond acceptors (Lipinski definition) is 4. The summed E-state index contributed by atoms with van der Waals surface area (Å²) >= 11 is 1.41. The average Bonchev–Trinajstić information content (AvgIpc) is 3.46. The molecule has 158 valence electrons. The van der Waals surface area contributed by atoms with Crippen molar-refractivity contribution in [2.24, 2.45) is 0 Å². The van der Waals surface area contributed by atoms with Gasteiger partial charge in [0.2, 0.25) is 0 Å². The van der Waals surface area contributed by atoms with Gasteiger partial charge in [-0.3, -0.25) is 4.40 Å². The number of thiazole rings is 1. The topological polar surface area (TPSA) is 54.3 Å². The summed E-state index contributed by atoms with van der Waals surface area (Å²) in [6.07, 6.45) is 1.91.